The highest BCUT2D eigenvalue weighted by atomic mass is 35.5. The normalized spacial score (nSPS) is 12.6. The van der Waals surface area contributed by atoms with Gasteiger partial charge in [-0.1, -0.05) is 56.3 Å². The topological polar surface area (TPSA) is 160 Å². The van der Waals surface area contributed by atoms with Crippen LogP contribution in [0.25, 0.3) is 0 Å². The molecule has 0 fully saturated rings. The van der Waals surface area contributed by atoms with E-state index in [0.717, 1.165) is 5.56 Å². The van der Waals surface area contributed by atoms with Gasteiger partial charge in [-0.25, -0.2) is 4.79 Å². The summed E-state index contributed by atoms with van der Waals surface area (Å²) in [7, 11) is 1.22. The average molecular weight is 575 g/mol. The van der Waals surface area contributed by atoms with Crippen LogP contribution >= 0.6 is 12.4 Å². The number of carbonyl (C=O) groups excluding carboxylic acids is 6. The summed E-state index contributed by atoms with van der Waals surface area (Å²) in [4.78, 5) is 75.0. The highest BCUT2D eigenvalue weighted by Gasteiger charge is 2.31. The lowest BCUT2D eigenvalue weighted by Crippen LogP contribution is -2.57. The number of methoxy groups -OCH3 is 1. The van der Waals surface area contributed by atoms with Crippen LogP contribution in [0, 0.1) is 5.92 Å². The van der Waals surface area contributed by atoms with Crippen molar-refractivity contribution in [3.63, 3.8) is 0 Å². The van der Waals surface area contributed by atoms with E-state index < -0.39 is 53.5 Å². The van der Waals surface area contributed by atoms with Gasteiger partial charge in [0.15, 0.2) is 0 Å². The molecule has 0 saturated carbocycles. The SMILES string of the molecule is COC(=O)[C@@H](Cc1ccccc1)NC(=O)[C@@H](NC(=O)[C@H](C)NC(=O)C(=O)c1ccccc1NC(C)=O)C(C)C.Cl. The molecule has 11 nitrogen and oxygen atoms in total. The van der Waals surface area contributed by atoms with Crippen molar-refractivity contribution in [2.75, 3.05) is 12.4 Å². The maximum Gasteiger partial charge on any atom is 0.328 e. The molecule has 0 bridgehead atoms. The Hall–Kier alpha value is -4.25. The largest absolute Gasteiger partial charge is 0.467 e. The van der Waals surface area contributed by atoms with Crippen LogP contribution in [0.5, 0.6) is 0 Å². The summed E-state index contributed by atoms with van der Waals surface area (Å²) in [5, 5.41) is 10.0. The molecule has 2 rings (SSSR count). The minimum absolute atomic E-state index is 0. The van der Waals surface area contributed by atoms with E-state index >= 15 is 0 Å². The molecule has 4 N–H and O–H groups in total. The van der Waals surface area contributed by atoms with Gasteiger partial charge in [0.1, 0.15) is 18.1 Å². The van der Waals surface area contributed by atoms with Gasteiger partial charge in [0.25, 0.3) is 11.7 Å². The average Bonchev–Trinajstić information content (AvgIpc) is 2.90. The zero-order chi connectivity index (χ0) is 29.1. The first-order valence-electron chi connectivity index (χ1n) is 12.4. The number of ether oxygens (including phenoxy) is 1. The number of para-hydroxylation sites is 1. The number of halogens is 1. The van der Waals surface area contributed by atoms with Gasteiger partial charge in [-0.3, -0.25) is 24.0 Å². The van der Waals surface area contributed by atoms with Gasteiger partial charge in [0, 0.05) is 13.3 Å². The van der Waals surface area contributed by atoms with Crippen molar-refractivity contribution in [1.29, 1.82) is 0 Å². The number of esters is 1. The molecule has 216 valence electrons. The van der Waals surface area contributed by atoms with E-state index in [1.165, 1.54) is 39.2 Å². The van der Waals surface area contributed by atoms with E-state index in [2.05, 4.69) is 21.3 Å². The van der Waals surface area contributed by atoms with E-state index in [4.69, 9.17) is 4.74 Å². The molecule has 0 heterocycles. The second-order valence-corrected chi connectivity index (χ2v) is 9.26. The van der Waals surface area contributed by atoms with Gasteiger partial charge >= 0.3 is 5.97 Å². The molecule has 0 aromatic heterocycles. The molecule has 2 aromatic carbocycles. The van der Waals surface area contributed by atoms with Crippen molar-refractivity contribution < 1.29 is 33.5 Å². The monoisotopic (exact) mass is 574 g/mol. The highest BCUT2D eigenvalue weighted by Crippen LogP contribution is 2.16. The lowest BCUT2D eigenvalue weighted by molar-refractivity contribution is -0.145. The van der Waals surface area contributed by atoms with Crippen molar-refractivity contribution in [2.24, 2.45) is 5.92 Å². The minimum Gasteiger partial charge on any atom is -0.467 e. The second kappa shape index (κ2) is 16.0. The Morgan fingerprint density at radius 3 is 1.98 bits per heavy atom. The number of carbonyl (C=O) groups is 6. The van der Waals surface area contributed by atoms with Crippen LogP contribution in [0.1, 0.15) is 43.6 Å². The summed E-state index contributed by atoms with van der Waals surface area (Å²) in [6.45, 7) is 6.05. The maximum absolute atomic E-state index is 13.1. The van der Waals surface area contributed by atoms with E-state index in [0.29, 0.717) is 0 Å². The summed E-state index contributed by atoms with van der Waals surface area (Å²) in [6, 6.07) is 11.8. The Morgan fingerprint density at radius 2 is 1.40 bits per heavy atom. The molecule has 0 aliphatic heterocycles. The third kappa shape index (κ3) is 9.81. The predicted octanol–water partition coefficient (Wildman–Crippen LogP) is 1.80. The molecule has 12 heteroatoms. The number of hydrogen-bond acceptors (Lipinski definition) is 7. The molecule has 2 aromatic rings. The quantitative estimate of drug-likeness (QED) is 0.171. The van der Waals surface area contributed by atoms with Crippen LogP contribution < -0.4 is 21.3 Å². The zero-order valence-electron chi connectivity index (χ0n) is 23.0. The fourth-order valence-corrected chi connectivity index (χ4v) is 3.69. The Morgan fingerprint density at radius 1 is 0.800 bits per heavy atom. The molecule has 3 atom stereocenters. The van der Waals surface area contributed by atoms with Crippen LogP contribution in [0.15, 0.2) is 54.6 Å². The number of rotatable bonds is 12. The second-order valence-electron chi connectivity index (χ2n) is 9.26. The van der Waals surface area contributed by atoms with Crippen LogP contribution in [-0.4, -0.2) is 60.6 Å². The summed E-state index contributed by atoms with van der Waals surface area (Å²) in [6.07, 6.45) is 0.187. The number of nitrogens with one attached hydrogen (secondary N) is 4. The lowest BCUT2D eigenvalue weighted by Gasteiger charge is -2.26. The number of benzene rings is 2. The number of amides is 4. The minimum atomic E-state index is -1.18. The van der Waals surface area contributed by atoms with Crippen molar-refractivity contribution in [3.05, 3.63) is 65.7 Å². The first-order chi connectivity index (χ1) is 18.4. The third-order valence-corrected chi connectivity index (χ3v) is 5.76. The van der Waals surface area contributed by atoms with Crippen molar-refractivity contribution in [1.82, 2.24) is 16.0 Å². The van der Waals surface area contributed by atoms with Crippen LogP contribution in [-0.2, 0) is 35.1 Å². The molecule has 0 spiro atoms. The summed E-state index contributed by atoms with van der Waals surface area (Å²) >= 11 is 0. The third-order valence-electron chi connectivity index (χ3n) is 5.76. The molecule has 0 aliphatic carbocycles. The molecule has 0 radical (unpaired) electrons. The lowest BCUT2D eigenvalue weighted by atomic mass is 10.0. The maximum atomic E-state index is 13.1. The summed E-state index contributed by atoms with van der Waals surface area (Å²) < 4.78 is 4.83. The molecular weight excluding hydrogens is 540 g/mol. The molecule has 4 amide bonds. The van der Waals surface area contributed by atoms with Crippen LogP contribution in [0.2, 0.25) is 0 Å². The van der Waals surface area contributed by atoms with Crippen LogP contribution in [0.3, 0.4) is 0 Å². The smallest absolute Gasteiger partial charge is 0.328 e. The van der Waals surface area contributed by atoms with E-state index in [9.17, 15) is 28.8 Å². The van der Waals surface area contributed by atoms with Crippen molar-refractivity contribution >= 4 is 53.5 Å². The standard InChI is InChI=1S/C28H34N4O7.ClH/c1-16(2)23(26(36)31-22(28(38)39-5)15-19-11-7-6-8-12-19)32-25(35)17(3)29-27(37)24(34)20-13-9-10-14-21(20)30-18(4)33;/h6-14,16-17,22-23H,15H2,1-5H3,(H,29,37)(H,30,33)(H,31,36)(H,32,35);1H/t17-,22+,23-;/m0./s1. The van der Waals surface area contributed by atoms with E-state index in [1.807, 2.05) is 30.3 Å². The van der Waals surface area contributed by atoms with Crippen molar-refractivity contribution in [2.45, 2.75) is 52.2 Å². The van der Waals surface area contributed by atoms with Gasteiger partial charge in [-0.2, -0.15) is 0 Å². The van der Waals surface area contributed by atoms with E-state index in [1.54, 1.807) is 19.9 Å². The molecule has 0 unspecified atom stereocenters. The summed E-state index contributed by atoms with van der Waals surface area (Å²) in [5.41, 5.74) is 0.929. The zero-order valence-corrected chi connectivity index (χ0v) is 23.8. The first kappa shape index (κ1) is 33.8. The molecule has 0 aliphatic rings. The van der Waals surface area contributed by atoms with Gasteiger partial charge in [0.2, 0.25) is 17.7 Å². The van der Waals surface area contributed by atoms with Gasteiger partial charge in [-0.15, -0.1) is 12.4 Å². The molecular formula is C28H35ClN4O7. The van der Waals surface area contributed by atoms with Gasteiger partial charge < -0.3 is 26.0 Å². The fraction of sp³-hybridized carbons (Fsp3) is 0.357. The van der Waals surface area contributed by atoms with Gasteiger partial charge in [-0.05, 0) is 30.5 Å². The first-order valence-corrected chi connectivity index (χ1v) is 12.4. The van der Waals surface area contributed by atoms with Gasteiger partial charge in [0.05, 0.1) is 18.4 Å². The predicted molar refractivity (Wildman–Crippen MR) is 151 cm³/mol. The van der Waals surface area contributed by atoms with Crippen molar-refractivity contribution in [3.8, 4) is 0 Å². The molecule has 0 saturated heterocycles. The number of Topliss-reactive ketones (excluding diaryl/α,β-unsaturated/α-hetero) is 1. The van der Waals surface area contributed by atoms with Crippen LogP contribution in [0.4, 0.5) is 5.69 Å². The summed E-state index contributed by atoms with van der Waals surface area (Å²) in [5.74, 6) is -4.76. The Balaban J connectivity index is 0.00000800. The molecule has 40 heavy (non-hydrogen) atoms. The fourth-order valence-electron chi connectivity index (χ4n) is 3.69. The number of ketones is 1. The number of hydrogen-bond donors (Lipinski definition) is 4. The van der Waals surface area contributed by atoms with E-state index in [-0.39, 0.29) is 36.0 Å². The highest BCUT2D eigenvalue weighted by molar-refractivity contribution is 6.44. The Labute approximate surface area is 239 Å². The number of anilines is 1. The Kier molecular flexibility index (Phi) is 13.5. The Bertz CT molecular complexity index is 1220.